The standard InChI is InChI=1S/C18H18N2O/c1-12-9-14(7-8-20-12)18-15-6-4-2-3-5-13(15)10-17(21)16(18)11-19/h7-9H,2-6,10H2,1H3. The lowest BCUT2D eigenvalue weighted by Gasteiger charge is -2.22. The van der Waals surface area contributed by atoms with Crippen LogP contribution in [0, 0.1) is 18.3 Å². The molecule has 0 unspecified atom stereocenters. The Labute approximate surface area is 125 Å². The number of aromatic nitrogens is 1. The summed E-state index contributed by atoms with van der Waals surface area (Å²) in [6, 6.07) is 6.03. The van der Waals surface area contributed by atoms with Crippen LogP contribution >= 0.6 is 0 Å². The lowest BCUT2D eigenvalue weighted by Crippen LogP contribution is -2.14. The van der Waals surface area contributed by atoms with Crippen LogP contribution in [0.15, 0.2) is 35.0 Å². The number of allylic oxidation sites excluding steroid dienone is 4. The van der Waals surface area contributed by atoms with Crippen molar-refractivity contribution in [3.8, 4) is 6.07 Å². The van der Waals surface area contributed by atoms with Crippen molar-refractivity contribution in [1.82, 2.24) is 4.98 Å². The highest BCUT2D eigenvalue weighted by Gasteiger charge is 2.29. The summed E-state index contributed by atoms with van der Waals surface area (Å²) in [6.07, 6.45) is 7.65. The van der Waals surface area contributed by atoms with Gasteiger partial charge in [-0.25, -0.2) is 0 Å². The number of aryl methyl sites for hydroxylation is 1. The fourth-order valence-corrected chi connectivity index (χ4v) is 3.35. The van der Waals surface area contributed by atoms with Gasteiger partial charge in [0.15, 0.2) is 5.78 Å². The molecule has 3 nitrogen and oxygen atoms in total. The molecule has 1 heterocycles. The predicted octanol–water partition coefficient (Wildman–Crippen LogP) is 3.90. The second-order valence-electron chi connectivity index (χ2n) is 5.79. The normalized spacial score (nSPS) is 19.1. The molecule has 0 aliphatic heterocycles. The first-order valence-electron chi connectivity index (χ1n) is 7.52. The van der Waals surface area contributed by atoms with Crippen molar-refractivity contribution in [2.24, 2.45) is 0 Å². The van der Waals surface area contributed by atoms with Gasteiger partial charge in [0.05, 0.1) is 0 Å². The minimum Gasteiger partial charge on any atom is -0.293 e. The summed E-state index contributed by atoms with van der Waals surface area (Å²) in [5.74, 6) is -0.0254. The van der Waals surface area contributed by atoms with E-state index in [1.54, 1.807) is 6.20 Å². The van der Waals surface area contributed by atoms with Crippen LogP contribution in [0.4, 0.5) is 0 Å². The number of Topliss-reactive ketones (excluding diaryl/α,β-unsaturated/α-hetero) is 1. The second-order valence-corrected chi connectivity index (χ2v) is 5.79. The Morgan fingerprint density at radius 2 is 2.05 bits per heavy atom. The minimum absolute atomic E-state index is 0.0254. The van der Waals surface area contributed by atoms with Gasteiger partial charge in [0.25, 0.3) is 0 Å². The van der Waals surface area contributed by atoms with Gasteiger partial charge in [0.2, 0.25) is 0 Å². The SMILES string of the molecule is Cc1cc(C2=C(C#N)C(=O)CC3=C2CCCCC3)ccn1. The van der Waals surface area contributed by atoms with Crippen molar-refractivity contribution >= 4 is 11.4 Å². The molecule has 0 saturated heterocycles. The maximum atomic E-state index is 12.3. The summed E-state index contributed by atoms with van der Waals surface area (Å²) in [5, 5.41) is 9.46. The first-order chi connectivity index (χ1) is 10.2. The summed E-state index contributed by atoms with van der Waals surface area (Å²) < 4.78 is 0. The molecular formula is C18H18N2O. The maximum absolute atomic E-state index is 12.3. The number of carbonyl (C=O) groups excluding carboxylic acids is 1. The average molecular weight is 278 g/mol. The number of hydrogen-bond acceptors (Lipinski definition) is 3. The van der Waals surface area contributed by atoms with Crippen molar-refractivity contribution in [1.29, 1.82) is 5.26 Å². The number of hydrogen-bond donors (Lipinski definition) is 0. The Bertz CT molecular complexity index is 704. The molecule has 0 N–H and O–H groups in total. The Hall–Kier alpha value is -2.21. The van der Waals surface area contributed by atoms with Crippen molar-refractivity contribution in [3.05, 3.63) is 46.3 Å². The number of ketones is 1. The smallest absolute Gasteiger partial charge is 0.178 e. The van der Waals surface area contributed by atoms with E-state index in [4.69, 9.17) is 0 Å². The van der Waals surface area contributed by atoms with Gasteiger partial charge in [-0.2, -0.15) is 5.26 Å². The molecule has 0 bridgehead atoms. The van der Waals surface area contributed by atoms with Crippen molar-refractivity contribution in [3.63, 3.8) is 0 Å². The molecule has 0 aromatic carbocycles. The number of pyridine rings is 1. The van der Waals surface area contributed by atoms with Gasteiger partial charge in [0.1, 0.15) is 11.6 Å². The Morgan fingerprint density at radius 1 is 1.24 bits per heavy atom. The second kappa shape index (κ2) is 5.65. The number of carbonyl (C=O) groups is 1. The van der Waals surface area contributed by atoms with Gasteiger partial charge in [-0.05, 0) is 55.9 Å². The molecule has 2 aliphatic rings. The van der Waals surface area contributed by atoms with Crippen LogP contribution in [0.5, 0.6) is 0 Å². The van der Waals surface area contributed by atoms with E-state index < -0.39 is 0 Å². The van der Waals surface area contributed by atoms with E-state index in [1.807, 2.05) is 19.1 Å². The summed E-state index contributed by atoms with van der Waals surface area (Å²) in [4.78, 5) is 16.6. The van der Waals surface area contributed by atoms with Gasteiger partial charge in [0, 0.05) is 23.9 Å². The zero-order valence-electron chi connectivity index (χ0n) is 12.3. The fourth-order valence-electron chi connectivity index (χ4n) is 3.35. The molecule has 1 aromatic heterocycles. The maximum Gasteiger partial charge on any atom is 0.178 e. The summed E-state index contributed by atoms with van der Waals surface area (Å²) in [6.45, 7) is 1.93. The summed E-state index contributed by atoms with van der Waals surface area (Å²) in [5.41, 5.74) is 5.57. The number of nitriles is 1. The van der Waals surface area contributed by atoms with E-state index in [2.05, 4.69) is 11.1 Å². The molecule has 0 spiro atoms. The Balaban J connectivity index is 2.21. The molecule has 3 heteroatoms. The molecule has 3 rings (SSSR count). The first kappa shape index (κ1) is 13.8. The van der Waals surface area contributed by atoms with Crippen LogP contribution < -0.4 is 0 Å². The van der Waals surface area contributed by atoms with Crippen LogP contribution in [0.25, 0.3) is 5.57 Å². The van der Waals surface area contributed by atoms with Crippen LogP contribution in [0.1, 0.15) is 49.8 Å². The van der Waals surface area contributed by atoms with Gasteiger partial charge in [-0.3, -0.25) is 9.78 Å². The molecule has 106 valence electrons. The number of nitrogens with zero attached hydrogens (tertiary/aromatic N) is 2. The Morgan fingerprint density at radius 3 is 2.81 bits per heavy atom. The number of rotatable bonds is 1. The topological polar surface area (TPSA) is 53.8 Å². The molecule has 0 saturated carbocycles. The molecule has 0 amide bonds. The van der Waals surface area contributed by atoms with Crippen LogP contribution in [-0.2, 0) is 4.79 Å². The van der Waals surface area contributed by atoms with Gasteiger partial charge >= 0.3 is 0 Å². The van der Waals surface area contributed by atoms with Crippen molar-refractivity contribution < 1.29 is 4.79 Å². The zero-order valence-corrected chi connectivity index (χ0v) is 12.3. The lowest BCUT2D eigenvalue weighted by molar-refractivity contribution is -0.114. The van der Waals surface area contributed by atoms with Crippen molar-refractivity contribution in [2.45, 2.75) is 45.4 Å². The van der Waals surface area contributed by atoms with Crippen LogP contribution in [-0.4, -0.2) is 10.8 Å². The third kappa shape index (κ3) is 2.54. The summed E-state index contributed by atoms with van der Waals surface area (Å²) >= 11 is 0. The lowest BCUT2D eigenvalue weighted by atomic mass is 9.80. The van der Waals surface area contributed by atoms with E-state index in [0.717, 1.165) is 42.5 Å². The molecule has 0 fully saturated rings. The van der Waals surface area contributed by atoms with Gasteiger partial charge < -0.3 is 0 Å². The first-order valence-corrected chi connectivity index (χ1v) is 7.52. The van der Waals surface area contributed by atoms with E-state index in [-0.39, 0.29) is 5.78 Å². The molecule has 21 heavy (non-hydrogen) atoms. The predicted molar refractivity (Wildman–Crippen MR) is 81.2 cm³/mol. The van der Waals surface area contributed by atoms with Crippen molar-refractivity contribution in [2.75, 3.05) is 0 Å². The molecular weight excluding hydrogens is 260 g/mol. The summed E-state index contributed by atoms with van der Waals surface area (Å²) in [7, 11) is 0. The largest absolute Gasteiger partial charge is 0.293 e. The average Bonchev–Trinajstić information content (AvgIpc) is 2.70. The Kier molecular flexibility index (Phi) is 3.70. The van der Waals surface area contributed by atoms with E-state index in [0.29, 0.717) is 12.0 Å². The third-order valence-corrected chi connectivity index (χ3v) is 4.33. The van der Waals surface area contributed by atoms with Crippen LogP contribution in [0.3, 0.4) is 0 Å². The highest BCUT2D eigenvalue weighted by atomic mass is 16.1. The third-order valence-electron chi connectivity index (χ3n) is 4.33. The highest BCUT2D eigenvalue weighted by molar-refractivity contribution is 6.12. The molecule has 0 radical (unpaired) electrons. The zero-order chi connectivity index (χ0) is 14.8. The molecule has 1 aromatic rings. The quantitative estimate of drug-likeness (QED) is 0.782. The monoisotopic (exact) mass is 278 g/mol. The van der Waals surface area contributed by atoms with E-state index in [1.165, 1.54) is 17.6 Å². The van der Waals surface area contributed by atoms with Crippen LogP contribution in [0.2, 0.25) is 0 Å². The molecule has 2 aliphatic carbocycles. The fraction of sp³-hybridized carbons (Fsp3) is 0.389. The molecule has 0 atom stereocenters. The van der Waals surface area contributed by atoms with E-state index >= 15 is 0 Å². The van der Waals surface area contributed by atoms with Gasteiger partial charge in [-0.1, -0.05) is 12.0 Å². The van der Waals surface area contributed by atoms with Gasteiger partial charge in [-0.15, -0.1) is 0 Å². The van der Waals surface area contributed by atoms with E-state index in [9.17, 15) is 10.1 Å². The minimum atomic E-state index is -0.0254. The highest BCUT2D eigenvalue weighted by Crippen LogP contribution is 2.41.